The highest BCUT2D eigenvalue weighted by molar-refractivity contribution is 5.66. The Morgan fingerprint density at radius 3 is 2.52 bits per heavy atom. The zero-order valence-electron chi connectivity index (χ0n) is 27.2. The Morgan fingerprint density at radius 2 is 1.84 bits per heavy atom. The highest BCUT2D eigenvalue weighted by Crippen LogP contribution is 2.28. The van der Waals surface area contributed by atoms with Crippen LogP contribution in [0.2, 0.25) is 0 Å². The molecule has 0 spiro atoms. The third-order valence-corrected chi connectivity index (χ3v) is 8.57. The Balaban J connectivity index is 2.59. The Bertz CT molecular complexity index is 1110. The van der Waals surface area contributed by atoms with Crippen molar-refractivity contribution < 1.29 is 30.3 Å². The Hall–Kier alpha value is -2.47. The number of nitrogens with one attached hydrogen (secondary N) is 1. The second kappa shape index (κ2) is 21.3. The highest BCUT2D eigenvalue weighted by atomic mass is 16.4. The number of aliphatic hydroxyl groups is 4. The van der Waals surface area contributed by atoms with Crippen molar-refractivity contribution in [2.75, 3.05) is 6.61 Å². The van der Waals surface area contributed by atoms with E-state index < -0.39 is 24.3 Å². The van der Waals surface area contributed by atoms with Crippen LogP contribution in [0.5, 0.6) is 0 Å². The van der Waals surface area contributed by atoms with Crippen molar-refractivity contribution in [3.8, 4) is 11.8 Å². The molecule has 1 aromatic carbocycles. The monoisotopic (exact) mass is 611 g/mol. The van der Waals surface area contributed by atoms with Crippen molar-refractivity contribution in [3.05, 3.63) is 58.2 Å². The number of aliphatic hydroxyl groups excluding tert-OH is 4. The minimum absolute atomic E-state index is 0.162. The van der Waals surface area contributed by atoms with Gasteiger partial charge in [0.05, 0.1) is 24.9 Å². The normalized spacial score (nSPS) is 21.4. The van der Waals surface area contributed by atoms with E-state index in [1.165, 1.54) is 5.56 Å². The molecule has 2 rings (SSSR count). The molecule has 1 aliphatic rings. The summed E-state index contributed by atoms with van der Waals surface area (Å²) in [4.78, 5) is 10.9. The molecule has 0 saturated carbocycles. The average Bonchev–Trinajstić information content (AvgIpc) is 2.99. The number of carboxylic acid groups (broad SMARTS) is 1. The fraction of sp³-hybridized carbons (Fsp3) is 0.649. The summed E-state index contributed by atoms with van der Waals surface area (Å²) in [7, 11) is 0. The second-order valence-corrected chi connectivity index (χ2v) is 12.2. The summed E-state index contributed by atoms with van der Waals surface area (Å²) in [5.74, 6) is 5.99. The Labute approximate surface area is 265 Å². The third-order valence-electron chi connectivity index (χ3n) is 8.57. The number of hydrogen-bond donors (Lipinski definition) is 6. The van der Waals surface area contributed by atoms with Gasteiger partial charge in [-0.25, -0.2) is 0 Å². The molecule has 246 valence electrons. The molecule has 1 aliphatic heterocycles. The SMILES string of the molecule is CCCCC[C@H](O)/C=C/C1=C(\C[C@H](O)CO)[C@H](CCCCCCC(=O)O)N[C@@H]([C@H](C)O)CC#Cc2c(CC)cccc2CC1. The number of rotatable bonds is 18. The molecule has 1 aromatic rings. The number of hydrogen-bond acceptors (Lipinski definition) is 6. The Kier molecular flexibility index (Phi) is 18.3. The first-order chi connectivity index (χ1) is 21.2. The van der Waals surface area contributed by atoms with Crippen LogP contribution in [0.3, 0.4) is 0 Å². The van der Waals surface area contributed by atoms with E-state index in [-0.39, 0.29) is 31.5 Å². The Morgan fingerprint density at radius 1 is 1.07 bits per heavy atom. The van der Waals surface area contributed by atoms with E-state index in [9.17, 15) is 25.2 Å². The molecule has 7 nitrogen and oxygen atoms in total. The zero-order valence-corrected chi connectivity index (χ0v) is 27.2. The van der Waals surface area contributed by atoms with Crippen LogP contribution in [0.4, 0.5) is 0 Å². The van der Waals surface area contributed by atoms with E-state index >= 15 is 0 Å². The maximum Gasteiger partial charge on any atom is 0.303 e. The molecule has 0 bridgehead atoms. The number of aryl methyl sites for hydroxylation is 2. The molecule has 5 atom stereocenters. The first kappa shape index (κ1) is 37.7. The number of unbranched alkanes of at least 4 members (excludes halogenated alkanes) is 5. The number of carboxylic acids is 1. The summed E-state index contributed by atoms with van der Waals surface area (Å²) < 4.78 is 0. The fourth-order valence-electron chi connectivity index (χ4n) is 5.89. The molecule has 1 heterocycles. The molecule has 0 unspecified atom stereocenters. The minimum atomic E-state index is -0.945. The van der Waals surface area contributed by atoms with Crippen molar-refractivity contribution in [1.29, 1.82) is 0 Å². The van der Waals surface area contributed by atoms with Gasteiger partial charge in [-0.15, -0.1) is 0 Å². The van der Waals surface area contributed by atoms with E-state index in [4.69, 9.17) is 5.11 Å². The van der Waals surface area contributed by atoms with Gasteiger partial charge in [-0.05, 0) is 74.1 Å². The lowest BCUT2D eigenvalue weighted by molar-refractivity contribution is -0.137. The van der Waals surface area contributed by atoms with Gasteiger partial charge in [0.15, 0.2) is 0 Å². The summed E-state index contributed by atoms with van der Waals surface area (Å²) in [5, 5.41) is 54.9. The van der Waals surface area contributed by atoms with Gasteiger partial charge in [-0.1, -0.05) is 94.6 Å². The molecule has 0 aliphatic carbocycles. The minimum Gasteiger partial charge on any atom is -0.481 e. The number of fused-ring (bicyclic) bond motifs is 1. The molecule has 6 N–H and O–H groups in total. The summed E-state index contributed by atoms with van der Waals surface area (Å²) >= 11 is 0. The standard InChI is InChI=1S/C37H57NO6/c1-4-6-9-16-31(41)24-23-30-22-21-29-15-12-14-28(5-2)33(29)17-13-19-35(27(3)40)38-36(34(30)25-32(42)26-39)18-10-7-8-11-20-37(43)44/h12,14-15,23-24,27,31-32,35-36,38-42H,4-11,16,18-22,25-26H2,1-3H3,(H,43,44)/b24-23+,34-30+/t27-,31-,32-,35+,36-/m0/s1. The van der Waals surface area contributed by atoms with Crippen molar-refractivity contribution in [1.82, 2.24) is 5.32 Å². The van der Waals surface area contributed by atoms with Crippen LogP contribution in [-0.2, 0) is 17.6 Å². The van der Waals surface area contributed by atoms with Crippen LogP contribution in [0.1, 0.15) is 121 Å². The maximum atomic E-state index is 10.9. The number of aliphatic carboxylic acids is 1. The second-order valence-electron chi connectivity index (χ2n) is 12.2. The van der Waals surface area contributed by atoms with Crippen molar-refractivity contribution in [2.45, 2.75) is 147 Å². The smallest absolute Gasteiger partial charge is 0.303 e. The lowest BCUT2D eigenvalue weighted by atomic mass is 9.86. The molecule has 0 aromatic heterocycles. The van der Waals surface area contributed by atoms with E-state index in [0.29, 0.717) is 25.7 Å². The lowest BCUT2D eigenvalue weighted by Crippen LogP contribution is -2.46. The quantitative estimate of drug-likeness (QED) is 0.0941. The highest BCUT2D eigenvalue weighted by Gasteiger charge is 2.26. The number of carbonyl (C=O) groups is 1. The van der Waals surface area contributed by atoms with Gasteiger partial charge in [0.2, 0.25) is 0 Å². The van der Waals surface area contributed by atoms with Crippen LogP contribution in [0.15, 0.2) is 41.5 Å². The molecule has 0 saturated heterocycles. The summed E-state index contributed by atoms with van der Waals surface area (Å²) in [6.07, 6.45) is 12.5. The van der Waals surface area contributed by atoms with Gasteiger partial charge < -0.3 is 30.8 Å². The van der Waals surface area contributed by atoms with Crippen LogP contribution in [0, 0.1) is 11.8 Å². The van der Waals surface area contributed by atoms with Gasteiger partial charge >= 0.3 is 5.97 Å². The average molecular weight is 612 g/mol. The van der Waals surface area contributed by atoms with Crippen LogP contribution < -0.4 is 5.32 Å². The molecular formula is C37H57NO6. The summed E-state index contributed by atoms with van der Waals surface area (Å²) in [6, 6.07) is 5.79. The first-order valence-electron chi connectivity index (χ1n) is 16.8. The molecule has 7 heteroatoms. The van der Waals surface area contributed by atoms with E-state index in [0.717, 1.165) is 80.1 Å². The molecule has 0 fully saturated rings. The molecular weight excluding hydrogens is 554 g/mol. The predicted molar refractivity (Wildman–Crippen MR) is 177 cm³/mol. The van der Waals surface area contributed by atoms with E-state index in [2.05, 4.69) is 49.2 Å². The predicted octanol–water partition coefficient (Wildman–Crippen LogP) is 5.61. The van der Waals surface area contributed by atoms with Gasteiger partial charge in [-0.3, -0.25) is 4.79 Å². The molecule has 44 heavy (non-hydrogen) atoms. The lowest BCUT2D eigenvalue weighted by Gasteiger charge is -2.31. The van der Waals surface area contributed by atoms with Gasteiger partial charge in [0.1, 0.15) is 0 Å². The van der Waals surface area contributed by atoms with E-state index in [1.54, 1.807) is 6.92 Å². The topological polar surface area (TPSA) is 130 Å². The van der Waals surface area contributed by atoms with Crippen molar-refractivity contribution >= 4 is 5.97 Å². The molecule has 0 radical (unpaired) electrons. The third kappa shape index (κ3) is 13.7. The van der Waals surface area contributed by atoms with Gasteiger partial charge in [0.25, 0.3) is 0 Å². The summed E-state index contributed by atoms with van der Waals surface area (Å²) in [5.41, 5.74) is 5.38. The van der Waals surface area contributed by atoms with Crippen LogP contribution in [-0.4, -0.2) is 68.5 Å². The largest absolute Gasteiger partial charge is 0.481 e. The van der Waals surface area contributed by atoms with Crippen LogP contribution in [0.25, 0.3) is 0 Å². The molecule has 0 amide bonds. The number of allylic oxidation sites excluding steroid dienone is 2. The van der Waals surface area contributed by atoms with Gasteiger partial charge in [0, 0.05) is 30.5 Å². The van der Waals surface area contributed by atoms with Crippen LogP contribution >= 0.6 is 0 Å². The van der Waals surface area contributed by atoms with Crippen molar-refractivity contribution in [2.24, 2.45) is 0 Å². The van der Waals surface area contributed by atoms with E-state index in [1.807, 2.05) is 12.2 Å². The zero-order chi connectivity index (χ0) is 32.3. The number of benzene rings is 1. The van der Waals surface area contributed by atoms with Crippen molar-refractivity contribution in [3.63, 3.8) is 0 Å². The maximum absolute atomic E-state index is 10.9. The fourth-order valence-corrected chi connectivity index (χ4v) is 5.89. The summed E-state index contributed by atoms with van der Waals surface area (Å²) in [6.45, 7) is 5.67. The van der Waals surface area contributed by atoms with Gasteiger partial charge in [-0.2, -0.15) is 0 Å². The first-order valence-corrected chi connectivity index (χ1v) is 16.8.